The molecule has 4 rings (SSSR count). The van der Waals surface area contributed by atoms with Crippen molar-refractivity contribution in [2.75, 3.05) is 7.11 Å². The summed E-state index contributed by atoms with van der Waals surface area (Å²) < 4.78 is 7.43. The number of nitrogens with zero attached hydrogens (tertiary/aromatic N) is 2. The molecule has 1 heterocycles. The van der Waals surface area contributed by atoms with Gasteiger partial charge in [0.15, 0.2) is 0 Å². The number of fused-ring (bicyclic) bond motifs is 1. The van der Waals surface area contributed by atoms with E-state index in [1.54, 1.807) is 13.2 Å². The fourth-order valence-electron chi connectivity index (χ4n) is 3.02. The first kappa shape index (κ1) is 17.0. The first-order valence-corrected chi connectivity index (χ1v) is 8.95. The summed E-state index contributed by atoms with van der Waals surface area (Å²) in [6, 6.07) is 21.6. The molecule has 0 aliphatic carbocycles. The van der Waals surface area contributed by atoms with Crippen molar-refractivity contribution in [2.45, 2.75) is 6.54 Å². The van der Waals surface area contributed by atoms with Crippen molar-refractivity contribution >= 4 is 34.2 Å². The average Bonchev–Trinajstić information content (AvgIpc) is 3.02. The number of hydrogen-bond acceptors (Lipinski definition) is 2. The molecule has 0 N–H and O–H groups in total. The molecule has 0 aliphatic heterocycles. The van der Waals surface area contributed by atoms with Gasteiger partial charge in [0, 0.05) is 15.6 Å². The summed E-state index contributed by atoms with van der Waals surface area (Å²) >= 11 is 12.4. The van der Waals surface area contributed by atoms with E-state index < -0.39 is 0 Å². The van der Waals surface area contributed by atoms with Crippen LogP contribution in [-0.2, 0) is 6.54 Å². The number of methoxy groups -OCH3 is 1. The molecule has 0 radical (unpaired) electrons. The van der Waals surface area contributed by atoms with Gasteiger partial charge in [-0.2, -0.15) is 0 Å². The van der Waals surface area contributed by atoms with Gasteiger partial charge >= 0.3 is 0 Å². The zero-order valence-electron chi connectivity index (χ0n) is 14.1. The van der Waals surface area contributed by atoms with E-state index in [0.717, 1.165) is 33.7 Å². The van der Waals surface area contributed by atoms with Gasteiger partial charge < -0.3 is 9.30 Å². The molecule has 0 amide bonds. The molecule has 0 atom stereocenters. The molecule has 4 aromatic rings. The summed E-state index contributed by atoms with van der Waals surface area (Å²) in [7, 11) is 1.66. The van der Waals surface area contributed by atoms with Crippen LogP contribution in [0.15, 0.2) is 66.7 Å². The first-order valence-electron chi connectivity index (χ1n) is 8.19. The molecular weight excluding hydrogens is 367 g/mol. The highest BCUT2D eigenvalue weighted by Crippen LogP contribution is 2.29. The van der Waals surface area contributed by atoms with Crippen LogP contribution < -0.4 is 4.74 Å². The van der Waals surface area contributed by atoms with Crippen molar-refractivity contribution in [1.29, 1.82) is 0 Å². The van der Waals surface area contributed by atoms with E-state index in [4.69, 9.17) is 32.9 Å². The van der Waals surface area contributed by atoms with Crippen LogP contribution in [0.3, 0.4) is 0 Å². The molecule has 3 nitrogen and oxygen atoms in total. The zero-order valence-corrected chi connectivity index (χ0v) is 15.6. The number of hydrogen-bond donors (Lipinski definition) is 0. The quantitative estimate of drug-likeness (QED) is 0.428. The van der Waals surface area contributed by atoms with Crippen molar-refractivity contribution in [3.8, 4) is 17.1 Å². The fraction of sp³-hybridized carbons (Fsp3) is 0.0952. The predicted molar refractivity (Wildman–Crippen MR) is 107 cm³/mol. The third-order valence-corrected chi connectivity index (χ3v) is 4.93. The minimum absolute atomic E-state index is 0.609. The molecule has 0 fully saturated rings. The van der Waals surface area contributed by atoms with Crippen LogP contribution in [0.2, 0.25) is 10.0 Å². The van der Waals surface area contributed by atoms with Gasteiger partial charge in [-0.25, -0.2) is 4.98 Å². The Labute approximate surface area is 161 Å². The van der Waals surface area contributed by atoms with Crippen LogP contribution in [0.25, 0.3) is 22.4 Å². The molecule has 130 valence electrons. The Morgan fingerprint density at radius 2 is 1.73 bits per heavy atom. The van der Waals surface area contributed by atoms with Crippen LogP contribution in [-0.4, -0.2) is 16.7 Å². The lowest BCUT2D eigenvalue weighted by Gasteiger charge is -2.11. The maximum atomic E-state index is 6.40. The number of ether oxygens (including phenoxy) is 1. The number of benzene rings is 3. The molecule has 0 aliphatic rings. The Bertz CT molecular complexity index is 1070. The minimum atomic E-state index is 0.609. The van der Waals surface area contributed by atoms with Gasteiger partial charge in [-0.15, -0.1) is 0 Å². The zero-order chi connectivity index (χ0) is 18.1. The third-order valence-electron chi connectivity index (χ3n) is 4.35. The Morgan fingerprint density at radius 1 is 0.962 bits per heavy atom. The fourth-order valence-corrected chi connectivity index (χ4v) is 3.48. The molecule has 1 aromatic heterocycles. The van der Waals surface area contributed by atoms with Gasteiger partial charge in [0.05, 0.1) is 24.7 Å². The smallest absolute Gasteiger partial charge is 0.141 e. The second kappa shape index (κ2) is 7.02. The Hall–Kier alpha value is -2.49. The number of aromatic nitrogens is 2. The van der Waals surface area contributed by atoms with Crippen LogP contribution in [0.1, 0.15) is 5.56 Å². The molecule has 0 saturated heterocycles. The number of para-hydroxylation sites is 2. The van der Waals surface area contributed by atoms with Crippen LogP contribution in [0.5, 0.6) is 5.75 Å². The molecule has 0 unspecified atom stereocenters. The van der Waals surface area contributed by atoms with Crippen molar-refractivity contribution in [2.24, 2.45) is 0 Å². The molecule has 0 bridgehead atoms. The summed E-state index contributed by atoms with van der Waals surface area (Å²) in [5, 5.41) is 1.28. The summed E-state index contributed by atoms with van der Waals surface area (Å²) in [5.74, 6) is 1.71. The molecular formula is C21H16Cl2N2O. The third kappa shape index (κ3) is 3.16. The van der Waals surface area contributed by atoms with E-state index in [1.807, 2.05) is 54.6 Å². The van der Waals surface area contributed by atoms with E-state index in [0.29, 0.717) is 16.6 Å². The van der Waals surface area contributed by atoms with Gasteiger partial charge in [0.1, 0.15) is 11.6 Å². The second-order valence-electron chi connectivity index (χ2n) is 5.97. The lowest BCUT2D eigenvalue weighted by Crippen LogP contribution is -2.03. The molecule has 26 heavy (non-hydrogen) atoms. The highest BCUT2D eigenvalue weighted by molar-refractivity contribution is 6.35. The van der Waals surface area contributed by atoms with Crippen molar-refractivity contribution in [3.05, 3.63) is 82.3 Å². The Kier molecular flexibility index (Phi) is 4.58. The monoisotopic (exact) mass is 382 g/mol. The van der Waals surface area contributed by atoms with Gasteiger partial charge in [0.2, 0.25) is 0 Å². The summed E-state index contributed by atoms with van der Waals surface area (Å²) in [6.07, 6.45) is 0. The largest absolute Gasteiger partial charge is 0.497 e. The minimum Gasteiger partial charge on any atom is -0.497 e. The predicted octanol–water partition coefficient (Wildman–Crippen LogP) is 6.07. The second-order valence-corrected chi connectivity index (χ2v) is 6.82. The standard InChI is InChI=1S/C21H16Cl2N2O/c1-26-17-10-7-14(8-11-17)21-24-19-4-2-3-5-20(19)25(21)13-15-6-9-16(22)12-18(15)23/h2-12H,13H2,1H3. The summed E-state index contributed by atoms with van der Waals surface area (Å²) in [4.78, 5) is 4.83. The Balaban J connectivity index is 1.85. The van der Waals surface area contributed by atoms with E-state index in [-0.39, 0.29) is 0 Å². The van der Waals surface area contributed by atoms with Gasteiger partial charge in [-0.1, -0.05) is 41.4 Å². The molecule has 0 spiro atoms. The first-order chi connectivity index (χ1) is 12.7. The van der Waals surface area contributed by atoms with Crippen molar-refractivity contribution < 1.29 is 4.74 Å². The highest BCUT2D eigenvalue weighted by atomic mass is 35.5. The SMILES string of the molecule is COc1ccc(-c2nc3ccccc3n2Cc2ccc(Cl)cc2Cl)cc1. The maximum Gasteiger partial charge on any atom is 0.141 e. The van der Waals surface area contributed by atoms with Crippen molar-refractivity contribution in [1.82, 2.24) is 9.55 Å². The number of imidazole rings is 1. The average molecular weight is 383 g/mol. The van der Waals surface area contributed by atoms with Crippen LogP contribution in [0.4, 0.5) is 0 Å². The lowest BCUT2D eigenvalue weighted by molar-refractivity contribution is 0.415. The van der Waals surface area contributed by atoms with E-state index in [1.165, 1.54) is 0 Å². The van der Waals surface area contributed by atoms with Gasteiger partial charge in [-0.05, 0) is 54.1 Å². The molecule has 3 aromatic carbocycles. The topological polar surface area (TPSA) is 27.1 Å². The van der Waals surface area contributed by atoms with Gasteiger partial charge in [-0.3, -0.25) is 0 Å². The van der Waals surface area contributed by atoms with E-state index in [9.17, 15) is 0 Å². The molecule has 5 heteroatoms. The lowest BCUT2D eigenvalue weighted by atomic mass is 10.2. The highest BCUT2D eigenvalue weighted by Gasteiger charge is 2.14. The molecule has 0 saturated carbocycles. The Morgan fingerprint density at radius 3 is 2.46 bits per heavy atom. The van der Waals surface area contributed by atoms with Crippen LogP contribution >= 0.6 is 23.2 Å². The summed E-state index contributed by atoms with van der Waals surface area (Å²) in [5.41, 5.74) is 4.02. The normalized spacial score (nSPS) is 11.0. The summed E-state index contributed by atoms with van der Waals surface area (Å²) in [6.45, 7) is 0.609. The maximum absolute atomic E-state index is 6.40. The van der Waals surface area contributed by atoms with Gasteiger partial charge in [0.25, 0.3) is 0 Å². The number of halogens is 2. The number of rotatable bonds is 4. The van der Waals surface area contributed by atoms with E-state index in [2.05, 4.69) is 10.6 Å². The van der Waals surface area contributed by atoms with Crippen LogP contribution in [0, 0.1) is 0 Å². The van der Waals surface area contributed by atoms with Crippen molar-refractivity contribution in [3.63, 3.8) is 0 Å². The van der Waals surface area contributed by atoms with E-state index >= 15 is 0 Å².